The molecule has 0 atom stereocenters. The zero-order valence-electron chi connectivity index (χ0n) is 14.8. The molecule has 3 heteroatoms. The number of rotatable bonds is 6. The first kappa shape index (κ1) is 17.8. The van der Waals surface area contributed by atoms with Crippen molar-refractivity contribution in [1.29, 1.82) is 0 Å². The molecule has 134 valence electrons. The highest BCUT2D eigenvalue weighted by atomic mass is 79.9. The van der Waals surface area contributed by atoms with Crippen LogP contribution in [0.2, 0.25) is 0 Å². The molecule has 0 bridgehead atoms. The van der Waals surface area contributed by atoms with Crippen LogP contribution in [0.25, 0.3) is 10.8 Å². The number of fused-ring (bicyclic) bond motifs is 1. The lowest BCUT2D eigenvalue weighted by Crippen LogP contribution is -1.98. The van der Waals surface area contributed by atoms with Crippen LogP contribution in [0.15, 0.2) is 95.5 Å². The largest absolute Gasteiger partial charge is 0.456 e. The number of halogens is 1. The van der Waals surface area contributed by atoms with Gasteiger partial charge in [-0.05, 0) is 29.1 Å². The minimum absolute atomic E-state index is 0.489. The lowest BCUT2D eigenvalue weighted by Gasteiger charge is -2.15. The van der Waals surface area contributed by atoms with Gasteiger partial charge in [-0.15, -0.1) is 0 Å². The molecule has 0 aromatic heterocycles. The minimum atomic E-state index is 0.489. The molecule has 0 amide bonds. The summed E-state index contributed by atoms with van der Waals surface area (Å²) in [5.41, 5.74) is 2.19. The van der Waals surface area contributed by atoms with Crippen LogP contribution >= 0.6 is 15.9 Å². The predicted molar refractivity (Wildman–Crippen MR) is 113 cm³/mol. The van der Waals surface area contributed by atoms with Gasteiger partial charge in [-0.1, -0.05) is 88.7 Å². The van der Waals surface area contributed by atoms with Crippen LogP contribution in [0.3, 0.4) is 0 Å². The van der Waals surface area contributed by atoms with Crippen molar-refractivity contribution in [3.63, 3.8) is 0 Å². The summed E-state index contributed by atoms with van der Waals surface area (Å²) in [5.74, 6) is 1.64. The van der Waals surface area contributed by atoms with Gasteiger partial charge in [0.15, 0.2) is 0 Å². The van der Waals surface area contributed by atoms with E-state index in [2.05, 4.69) is 52.3 Å². The normalized spacial score (nSPS) is 10.9. The van der Waals surface area contributed by atoms with Gasteiger partial charge < -0.3 is 9.47 Å². The van der Waals surface area contributed by atoms with E-state index in [1.807, 2.05) is 54.6 Å². The molecule has 4 aromatic carbocycles. The van der Waals surface area contributed by atoms with Crippen molar-refractivity contribution in [1.82, 2.24) is 0 Å². The van der Waals surface area contributed by atoms with Crippen molar-refractivity contribution >= 4 is 26.7 Å². The van der Waals surface area contributed by atoms with Crippen LogP contribution < -0.4 is 4.74 Å². The van der Waals surface area contributed by atoms with Crippen molar-refractivity contribution in [2.75, 3.05) is 0 Å². The van der Waals surface area contributed by atoms with Crippen LogP contribution in [-0.2, 0) is 18.0 Å². The van der Waals surface area contributed by atoms with Gasteiger partial charge in [0.2, 0.25) is 0 Å². The molecule has 0 saturated carbocycles. The molecule has 27 heavy (non-hydrogen) atoms. The molecule has 0 aliphatic carbocycles. The maximum Gasteiger partial charge on any atom is 0.140 e. The molecule has 0 N–H and O–H groups in total. The fraction of sp³-hybridized carbons (Fsp3) is 0.0833. The van der Waals surface area contributed by atoms with Gasteiger partial charge in [0.25, 0.3) is 0 Å². The Morgan fingerprint density at radius 1 is 0.704 bits per heavy atom. The van der Waals surface area contributed by atoms with Gasteiger partial charge >= 0.3 is 0 Å². The second-order valence-electron chi connectivity index (χ2n) is 6.31. The van der Waals surface area contributed by atoms with E-state index in [0.717, 1.165) is 37.9 Å². The highest BCUT2D eigenvalue weighted by molar-refractivity contribution is 9.10. The van der Waals surface area contributed by atoms with Crippen LogP contribution in [0.4, 0.5) is 0 Å². The van der Waals surface area contributed by atoms with Gasteiger partial charge in [0.05, 0.1) is 13.2 Å². The first-order valence-electron chi connectivity index (χ1n) is 8.85. The Morgan fingerprint density at radius 2 is 1.52 bits per heavy atom. The molecule has 0 heterocycles. The van der Waals surface area contributed by atoms with Gasteiger partial charge in [-0.25, -0.2) is 0 Å². The summed E-state index contributed by atoms with van der Waals surface area (Å²) >= 11 is 3.51. The standard InChI is InChI=1S/C24H19BrO2/c25-21-10-6-11-22(15-21)27-24-20(14-13-19-9-4-5-12-23(19)24)17-26-16-18-7-2-1-3-8-18/h1-15H,16-17H2. The zero-order chi connectivity index (χ0) is 18.5. The van der Waals surface area contributed by atoms with E-state index in [4.69, 9.17) is 9.47 Å². The Bertz CT molecular complexity index is 1040. The Balaban J connectivity index is 1.63. The Hall–Kier alpha value is -2.62. The third-order valence-corrected chi connectivity index (χ3v) is 4.84. The highest BCUT2D eigenvalue weighted by Crippen LogP contribution is 2.35. The molecule has 0 aliphatic rings. The number of hydrogen-bond donors (Lipinski definition) is 0. The highest BCUT2D eigenvalue weighted by Gasteiger charge is 2.11. The Labute approximate surface area is 167 Å². The van der Waals surface area contributed by atoms with E-state index < -0.39 is 0 Å². The summed E-state index contributed by atoms with van der Waals surface area (Å²) in [7, 11) is 0. The van der Waals surface area contributed by atoms with E-state index in [-0.39, 0.29) is 0 Å². The monoisotopic (exact) mass is 418 g/mol. The number of benzene rings is 4. The smallest absolute Gasteiger partial charge is 0.140 e. The molecule has 0 aliphatic heterocycles. The maximum absolute atomic E-state index is 6.30. The molecule has 4 aromatic rings. The molecule has 0 radical (unpaired) electrons. The van der Waals surface area contributed by atoms with Crippen LogP contribution in [0, 0.1) is 0 Å². The third kappa shape index (κ3) is 4.38. The average Bonchev–Trinajstić information content (AvgIpc) is 2.70. The van der Waals surface area contributed by atoms with Gasteiger partial charge in [-0.2, -0.15) is 0 Å². The van der Waals surface area contributed by atoms with Crippen LogP contribution in [0.5, 0.6) is 11.5 Å². The SMILES string of the molecule is Brc1cccc(Oc2c(COCc3ccccc3)ccc3ccccc23)c1. The second kappa shape index (κ2) is 8.38. The lowest BCUT2D eigenvalue weighted by molar-refractivity contribution is 0.106. The summed E-state index contributed by atoms with van der Waals surface area (Å²) in [6.45, 7) is 1.06. The van der Waals surface area contributed by atoms with Crippen molar-refractivity contribution in [3.8, 4) is 11.5 Å². The predicted octanol–water partition coefficient (Wildman–Crippen LogP) is 7.11. The molecule has 0 unspecified atom stereocenters. The van der Waals surface area contributed by atoms with Crippen LogP contribution in [-0.4, -0.2) is 0 Å². The van der Waals surface area contributed by atoms with Crippen molar-refractivity contribution in [3.05, 3.63) is 107 Å². The Kier molecular flexibility index (Phi) is 5.52. The third-order valence-electron chi connectivity index (χ3n) is 4.35. The topological polar surface area (TPSA) is 18.5 Å². The molecule has 2 nitrogen and oxygen atoms in total. The quantitative estimate of drug-likeness (QED) is 0.332. The van der Waals surface area contributed by atoms with Crippen molar-refractivity contribution in [2.24, 2.45) is 0 Å². The summed E-state index contributed by atoms with van der Waals surface area (Å²) in [6.07, 6.45) is 0. The summed E-state index contributed by atoms with van der Waals surface area (Å²) < 4.78 is 13.3. The van der Waals surface area contributed by atoms with E-state index in [1.165, 1.54) is 0 Å². The second-order valence-corrected chi connectivity index (χ2v) is 7.23. The first-order chi connectivity index (χ1) is 13.3. The number of hydrogen-bond acceptors (Lipinski definition) is 2. The molecular weight excluding hydrogens is 400 g/mol. The fourth-order valence-corrected chi connectivity index (χ4v) is 3.40. The minimum Gasteiger partial charge on any atom is -0.456 e. The van der Waals surface area contributed by atoms with E-state index in [0.29, 0.717) is 13.2 Å². The number of ether oxygens (including phenoxy) is 2. The average molecular weight is 419 g/mol. The summed E-state index contributed by atoms with van der Waals surface area (Å²) in [6, 6.07) is 30.5. The fourth-order valence-electron chi connectivity index (χ4n) is 3.02. The maximum atomic E-state index is 6.30. The summed E-state index contributed by atoms with van der Waals surface area (Å²) in [5, 5.41) is 2.23. The zero-order valence-corrected chi connectivity index (χ0v) is 16.4. The van der Waals surface area contributed by atoms with Gasteiger partial charge in [0, 0.05) is 15.4 Å². The Morgan fingerprint density at radius 3 is 2.37 bits per heavy atom. The van der Waals surface area contributed by atoms with Gasteiger partial charge in [0.1, 0.15) is 11.5 Å². The van der Waals surface area contributed by atoms with E-state index >= 15 is 0 Å². The van der Waals surface area contributed by atoms with E-state index in [1.54, 1.807) is 0 Å². The molecule has 0 fully saturated rings. The van der Waals surface area contributed by atoms with Gasteiger partial charge in [-0.3, -0.25) is 0 Å². The van der Waals surface area contributed by atoms with Crippen molar-refractivity contribution in [2.45, 2.75) is 13.2 Å². The molecule has 0 saturated heterocycles. The summed E-state index contributed by atoms with van der Waals surface area (Å²) in [4.78, 5) is 0. The lowest BCUT2D eigenvalue weighted by atomic mass is 10.1. The first-order valence-corrected chi connectivity index (χ1v) is 9.64. The molecular formula is C24H19BrO2. The molecule has 4 rings (SSSR count). The molecule has 0 spiro atoms. The van der Waals surface area contributed by atoms with Crippen molar-refractivity contribution < 1.29 is 9.47 Å². The van der Waals surface area contributed by atoms with Crippen LogP contribution in [0.1, 0.15) is 11.1 Å². The van der Waals surface area contributed by atoms with E-state index in [9.17, 15) is 0 Å².